The van der Waals surface area contributed by atoms with Gasteiger partial charge in [0.05, 0.1) is 23.5 Å². The fourth-order valence-electron chi connectivity index (χ4n) is 9.15. The van der Waals surface area contributed by atoms with Crippen LogP contribution < -0.4 is 18.9 Å². The van der Waals surface area contributed by atoms with Crippen molar-refractivity contribution < 1.29 is 75.1 Å². The molecule has 2 bridgehead atoms. The maximum atomic E-state index is 12.5. The Bertz CT molecular complexity index is 2700. The van der Waals surface area contributed by atoms with Crippen LogP contribution in [0.4, 0.5) is 0 Å². The minimum Gasteiger partial charge on any atom is -0.508 e. The number of rotatable bonds is 4. The second kappa shape index (κ2) is 13.2. The molecule has 10 rings (SSSR count). The molecule has 306 valence electrons. The standard InChI is InChI=1S/C45H36O15/c46-21-7-1-18(2-8-21)39-30(53)15-25-27(50)17-29(52)35(41(25)57-39)33-26-16-31(54)43-37(42(26)58-40(38(33)55)19-3-9-22(47)10-4-19)36-34-28(51)13-24(49)14-32(34)59-45(60-43,44(36)56)20-5-11-23(48)12-6-20/h1-14,16-17,30,33,36,38-40,44,46-56H,15H2/t30-,33+,36+,38+,39+,40+,44+,45-/m0/s1. The van der Waals surface area contributed by atoms with Crippen molar-refractivity contribution in [1.29, 1.82) is 0 Å². The molecule has 15 heteroatoms. The van der Waals surface area contributed by atoms with Gasteiger partial charge in [-0.15, -0.1) is 0 Å². The molecule has 0 saturated carbocycles. The summed E-state index contributed by atoms with van der Waals surface area (Å²) < 4.78 is 26.0. The maximum absolute atomic E-state index is 12.5. The van der Waals surface area contributed by atoms with Crippen LogP contribution in [0.3, 0.4) is 0 Å². The van der Waals surface area contributed by atoms with E-state index >= 15 is 0 Å². The SMILES string of the molecule is Oc1ccc([C@H]2Oc3c(cc(O)c4c3[C@H]3c5c(O)cc(O)cc5O[C@@](c5ccc(O)cc5)(O4)[C@@H]3O)[C@H](c3c(O)cc(O)c4c3O[C@H](c3ccc(O)cc3)[C@@H](O)C4)[C@H]2O)cc1. The fraction of sp³-hybridized carbons (Fsp3) is 0.200. The molecule has 11 N–H and O–H groups in total. The second-order valence-corrected chi connectivity index (χ2v) is 15.4. The monoisotopic (exact) mass is 816 g/mol. The molecule has 0 fully saturated rings. The predicted molar refractivity (Wildman–Crippen MR) is 207 cm³/mol. The molecule has 15 nitrogen and oxygen atoms in total. The Morgan fingerprint density at radius 3 is 1.72 bits per heavy atom. The molecule has 8 atom stereocenters. The molecule has 4 aliphatic rings. The van der Waals surface area contributed by atoms with Crippen molar-refractivity contribution in [2.45, 2.75) is 54.6 Å². The van der Waals surface area contributed by atoms with Crippen molar-refractivity contribution >= 4 is 0 Å². The van der Waals surface area contributed by atoms with Gasteiger partial charge in [-0.3, -0.25) is 0 Å². The molecule has 4 heterocycles. The molecule has 0 saturated heterocycles. The number of hydrogen-bond acceptors (Lipinski definition) is 15. The third kappa shape index (κ3) is 5.40. The minimum absolute atomic E-state index is 0.0106. The van der Waals surface area contributed by atoms with Crippen LogP contribution in [-0.4, -0.2) is 74.5 Å². The van der Waals surface area contributed by atoms with Crippen molar-refractivity contribution in [1.82, 2.24) is 0 Å². The van der Waals surface area contributed by atoms with Gasteiger partial charge in [-0.05, 0) is 65.7 Å². The number of phenols is 8. The second-order valence-electron chi connectivity index (χ2n) is 15.4. The Labute approximate surface area is 339 Å². The summed E-state index contributed by atoms with van der Waals surface area (Å²) in [7, 11) is 0. The zero-order valence-corrected chi connectivity index (χ0v) is 31.0. The van der Waals surface area contributed by atoms with Gasteiger partial charge in [-0.25, -0.2) is 0 Å². The first kappa shape index (κ1) is 37.1. The molecule has 0 radical (unpaired) electrons. The number of ether oxygens (including phenoxy) is 4. The van der Waals surface area contributed by atoms with Crippen molar-refractivity contribution in [3.8, 4) is 69.0 Å². The highest BCUT2D eigenvalue weighted by atomic mass is 16.7. The van der Waals surface area contributed by atoms with Gasteiger partial charge in [0.1, 0.15) is 75.8 Å². The van der Waals surface area contributed by atoms with Gasteiger partial charge in [-0.2, -0.15) is 0 Å². The fourth-order valence-corrected chi connectivity index (χ4v) is 9.15. The molecule has 4 aliphatic heterocycles. The molecule has 0 aliphatic carbocycles. The topological polar surface area (TPSA) is 259 Å². The van der Waals surface area contributed by atoms with Crippen LogP contribution in [0, 0.1) is 0 Å². The Morgan fingerprint density at radius 2 is 1.07 bits per heavy atom. The third-order valence-corrected chi connectivity index (χ3v) is 11.9. The average Bonchev–Trinajstić information content (AvgIpc) is 3.20. The van der Waals surface area contributed by atoms with Crippen LogP contribution in [-0.2, 0) is 12.2 Å². The van der Waals surface area contributed by atoms with Crippen LogP contribution in [0.2, 0.25) is 0 Å². The first-order chi connectivity index (χ1) is 28.7. The van der Waals surface area contributed by atoms with E-state index in [0.29, 0.717) is 11.1 Å². The van der Waals surface area contributed by atoms with Crippen molar-refractivity contribution in [2.75, 3.05) is 0 Å². The summed E-state index contributed by atoms with van der Waals surface area (Å²) in [4.78, 5) is 0. The molecule has 60 heavy (non-hydrogen) atoms. The normalized spacial score (nSPS) is 25.8. The molecule has 6 aromatic rings. The van der Waals surface area contributed by atoms with Crippen LogP contribution in [0.1, 0.15) is 68.6 Å². The van der Waals surface area contributed by atoms with Crippen LogP contribution in [0.25, 0.3) is 0 Å². The number of aliphatic hydroxyl groups is 3. The average molecular weight is 817 g/mol. The number of benzene rings is 6. The summed E-state index contributed by atoms with van der Waals surface area (Å²) in [6, 6.07) is 21.8. The summed E-state index contributed by atoms with van der Waals surface area (Å²) in [6.45, 7) is 0. The maximum Gasteiger partial charge on any atom is 0.305 e. The van der Waals surface area contributed by atoms with Gasteiger partial charge < -0.3 is 75.1 Å². The van der Waals surface area contributed by atoms with E-state index < -0.39 is 71.1 Å². The summed E-state index contributed by atoms with van der Waals surface area (Å²) in [5, 5.41) is 124. The van der Waals surface area contributed by atoms with Gasteiger partial charge in [0.25, 0.3) is 0 Å². The Morgan fingerprint density at radius 1 is 0.483 bits per heavy atom. The summed E-state index contributed by atoms with van der Waals surface area (Å²) in [6.07, 6.45) is -7.08. The van der Waals surface area contributed by atoms with Gasteiger partial charge in [0, 0.05) is 52.4 Å². The molecular formula is C45H36O15. The first-order valence-corrected chi connectivity index (χ1v) is 18.9. The lowest BCUT2D eigenvalue weighted by atomic mass is 9.71. The van der Waals surface area contributed by atoms with E-state index in [-0.39, 0.29) is 85.8 Å². The Balaban J connectivity index is 1.24. The molecular weight excluding hydrogens is 780 g/mol. The Hall–Kier alpha value is -7.20. The van der Waals surface area contributed by atoms with E-state index in [0.717, 1.165) is 12.1 Å². The van der Waals surface area contributed by atoms with Gasteiger partial charge in [0.2, 0.25) is 0 Å². The number of aliphatic hydroxyl groups excluding tert-OH is 3. The van der Waals surface area contributed by atoms with Crippen LogP contribution in [0.5, 0.6) is 69.0 Å². The molecule has 6 aromatic carbocycles. The first-order valence-electron chi connectivity index (χ1n) is 18.9. The van der Waals surface area contributed by atoms with E-state index in [4.69, 9.17) is 18.9 Å². The summed E-state index contributed by atoms with van der Waals surface area (Å²) in [5.74, 6) is -7.91. The highest BCUT2D eigenvalue weighted by molar-refractivity contribution is 5.72. The lowest BCUT2D eigenvalue weighted by molar-refractivity contribution is -0.219. The largest absolute Gasteiger partial charge is 0.508 e. The van der Waals surface area contributed by atoms with Gasteiger partial charge in [-0.1, -0.05) is 24.3 Å². The Kier molecular flexibility index (Phi) is 8.13. The van der Waals surface area contributed by atoms with Crippen LogP contribution in [0.15, 0.2) is 97.1 Å². The van der Waals surface area contributed by atoms with Crippen molar-refractivity contribution in [2.24, 2.45) is 0 Å². The van der Waals surface area contributed by atoms with E-state index in [2.05, 4.69) is 0 Å². The molecule has 0 aromatic heterocycles. The zero-order valence-electron chi connectivity index (χ0n) is 31.0. The molecule has 0 amide bonds. The molecule has 0 spiro atoms. The number of aromatic hydroxyl groups is 8. The van der Waals surface area contributed by atoms with Crippen LogP contribution >= 0.6 is 0 Å². The van der Waals surface area contributed by atoms with Gasteiger partial charge in [0.15, 0.2) is 17.6 Å². The van der Waals surface area contributed by atoms with E-state index in [1.165, 1.54) is 72.8 Å². The summed E-state index contributed by atoms with van der Waals surface area (Å²) >= 11 is 0. The quantitative estimate of drug-likeness (QED) is 0.110. The number of fused-ring (bicyclic) bond motifs is 9. The lowest BCUT2D eigenvalue weighted by Crippen LogP contribution is -2.57. The lowest BCUT2D eigenvalue weighted by Gasteiger charge is -2.51. The minimum atomic E-state index is -2.14. The number of phenolic OH excluding ortho intramolecular Hbond substituents is 8. The third-order valence-electron chi connectivity index (χ3n) is 11.9. The predicted octanol–water partition coefficient (Wildman–Crippen LogP) is 5.13. The summed E-state index contributed by atoms with van der Waals surface area (Å²) in [5.41, 5.74) is 1.05. The van der Waals surface area contributed by atoms with E-state index in [1.807, 2.05) is 0 Å². The number of hydrogen-bond donors (Lipinski definition) is 11. The van der Waals surface area contributed by atoms with Gasteiger partial charge >= 0.3 is 5.79 Å². The zero-order chi connectivity index (χ0) is 41.9. The highest BCUT2D eigenvalue weighted by Gasteiger charge is 2.61. The van der Waals surface area contributed by atoms with E-state index in [1.54, 1.807) is 12.1 Å². The van der Waals surface area contributed by atoms with Crippen molar-refractivity contribution in [3.05, 3.63) is 142 Å². The smallest absolute Gasteiger partial charge is 0.305 e. The highest BCUT2D eigenvalue weighted by Crippen LogP contribution is 2.65. The van der Waals surface area contributed by atoms with E-state index in [9.17, 15) is 56.2 Å². The van der Waals surface area contributed by atoms with Crippen molar-refractivity contribution in [3.63, 3.8) is 0 Å². The molecule has 0 unspecified atom stereocenters.